The van der Waals surface area contributed by atoms with E-state index >= 15 is 0 Å². The minimum absolute atomic E-state index is 0.672. The summed E-state index contributed by atoms with van der Waals surface area (Å²) in [5.74, 6) is 1.41. The number of ether oxygens (including phenoxy) is 1. The molecule has 0 unspecified atom stereocenters. The zero-order chi connectivity index (χ0) is 17.1. The zero-order valence-corrected chi connectivity index (χ0v) is 13.6. The van der Waals surface area contributed by atoms with Gasteiger partial charge in [-0.3, -0.25) is 4.98 Å². The molecule has 25 heavy (non-hydrogen) atoms. The first-order valence-corrected chi connectivity index (χ1v) is 7.79. The number of pyridine rings is 2. The van der Waals surface area contributed by atoms with Crippen LogP contribution in [0, 0.1) is 0 Å². The van der Waals surface area contributed by atoms with E-state index in [1.165, 1.54) is 4.80 Å². The van der Waals surface area contributed by atoms with Gasteiger partial charge in [0.25, 0.3) is 0 Å². The molecule has 122 valence electrons. The fourth-order valence-corrected chi connectivity index (χ4v) is 2.56. The molecule has 0 bridgehead atoms. The van der Waals surface area contributed by atoms with Crippen LogP contribution in [0.4, 0.5) is 0 Å². The van der Waals surface area contributed by atoms with Crippen molar-refractivity contribution in [1.29, 1.82) is 0 Å². The number of hydrogen-bond donors (Lipinski definition) is 0. The fourth-order valence-electron chi connectivity index (χ4n) is 2.56. The average molecular weight is 329 g/mol. The van der Waals surface area contributed by atoms with Gasteiger partial charge in [-0.1, -0.05) is 18.2 Å². The Labute approximate surface area is 144 Å². The van der Waals surface area contributed by atoms with Crippen molar-refractivity contribution in [2.24, 2.45) is 0 Å². The predicted molar refractivity (Wildman–Crippen MR) is 94.4 cm³/mol. The maximum Gasteiger partial charge on any atom is 0.174 e. The third-order valence-electron chi connectivity index (χ3n) is 3.78. The molecule has 4 aromatic rings. The van der Waals surface area contributed by atoms with Crippen molar-refractivity contribution in [3.05, 3.63) is 73.2 Å². The van der Waals surface area contributed by atoms with Crippen molar-refractivity contribution in [2.75, 3.05) is 7.11 Å². The minimum Gasteiger partial charge on any atom is -0.496 e. The first-order chi connectivity index (χ1) is 12.3. The summed E-state index contributed by atoms with van der Waals surface area (Å²) in [5.41, 5.74) is 3.46. The number of aromatic nitrogens is 5. The Morgan fingerprint density at radius 1 is 0.880 bits per heavy atom. The number of nitrogens with zero attached hydrogens (tertiary/aromatic N) is 5. The standard InChI is InChI=1S/C19H15N5O/c1-25-18-12-14(8-9-15(18)16-6-2-4-10-20-16)17-13-22-24(23-17)19-7-3-5-11-21-19/h2-13H,1H3. The Kier molecular flexibility index (Phi) is 3.92. The summed E-state index contributed by atoms with van der Waals surface area (Å²) in [6, 6.07) is 17.3. The van der Waals surface area contributed by atoms with Crippen LogP contribution in [0.2, 0.25) is 0 Å². The van der Waals surface area contributed by atoms with Crippen molar-refractivity contribution in [2.45, 2.75) is 0 Å². The molecule has 0 aliphatic carbocycles. The molecule has 0 aliphatic heterocycles. The van der Waals surface area contributed by atoms with E-state index in [0.29, 0.717) is 5.82 Å². The summed E-state index contributed by atoms with van der Waals surface area (Å²) in [7, 11) is 1.65. The molecule has 6 nitrogen and oxygen atoms in total. The maximum atomic E-state index is 5.55. The van der Waals surface area contributed by atoms with Crippen molar-refractivity contribution in [3.63, 3.8) is 0 Å². The van der Waals surface area contributed by atoms with Gasteiger partial charge in [0.05, 0.1) is 19.0 Å². The topological polar surface area (TPSA) is 65.7 Å². The molecule has 3 heterocycles. The number of methoxy groups -OCH3 is 1. The summed E-state index contributed by atoms with van der Waals surface area (Å²) in [6.45, 7) is 0. The molecule has 0 aliphatic rings. The molecule has 0 atom stereocenters. The molecule has 0 fully saturated rings. The van der Waals surface area contributed by atoms with Crippen LogP contribution in [0.15, 0.2) is 73.2 Å². The monoisotopic (exact) mass is 329 g/mol. The maximum absolute atomic E-state index is 5.55. The second kappa shape index (κ2) is 6.52. The zero-order valence-electron chi connectivity index (χ0n) is 13.6. The highest BCUT2D eigenvalue weighted by Crippen LogP contribution is 2.32. The smallest absolute Gasteiger partial charge is 0.174 e. The van der Waals surface area contributed by atoms with Gasteiger partial charge in [0.15, 0.2) is 5.82 Å². The van der Waals surface area contributed by atoms with Crippen LogP contribution in [-0.2, 0) is 0 Å². The Hall–Kier alpha value is -3.54. The number of benzene rings is 1. The first kappa shape index (κ1) is 15.0. The quantitative estimate of drug-likeness (QED) is 0.574. The van der Waals surface area contributed by atoms with E-state index in [1.54, 1.807) is 25.7 Å². The lowest BCUT2D eigenvalue weighted by Gasteiger charge is -2.09. The van der Waals surface area contributed by atoms with Crippen LogP contribution in [0.25, 0.3) is 28.3 Å². The third kappa shape index (κ3) is 2.97. The molecule has 0 amide bonds. The van der Waals surface area contributed by atoms with E-state index in [-0.39, 0.29) is 0 Å². The molecule has 3 aromatic heterocycles. The van der Waals surface area contributed by atoms with Gasteiger partial charge in [-0.25, -0.2) is 4.98 Å². The lowest BCUT2D eigenvalue weighted by molar-refractivity contribution is 0.416. The summed E-state index contributed by atoms with van der Waals surface area (Å²) in [5, 5.41) is 8.79. The van der Waals surface area contributed by atoms with E-state index in [1.807, 2.05) is 54.6 Å². The Balaban J connectivity index is 1.71. The van der Waals surface area contributed by atoms with Gasteiger partial charge in [-0.2, -0.15) is 5.10 Å². The second-order valence-electron chi connectivity index (χ2n) is 5.34. The van der Waals surface area contributed by atoms with E-state index in [0.717, 1.165) is 28.3 Å². The molecule has 0 N–H and O–H groups in total. The molecule has 0 saturated heterocycles. The summed E-state index contributed by atoms with van der Waals surface area (Å²) < 4.78 is 5.55. The van der Waals surface area contributed by atoms with Crippen LogP contribution in [0.1, 0.15) is 0 Å². The molecular formula is C19H15N5O. The summed E-state index contributed by atoms with van der Waals surface area (Å²) in [4.78, 5) is 10.1. The predicted octanol–water partition coefficient (Wildman–Crippen LogP) is 3.40. The van der Waals surface area contributed by atoms with Crippen molar-refractivity contribution < 1.29 is 4.74 Å². The van der Waals surface area contributed by atoms with Gasteiger partial charge in [0.2, 0.25) is 0 Å². The molecule has 6 heteroatoms. The van der Waals surface area contributed by atoms with Crippen LogP contribution in [-0.4, -0.2) is 32.1 Å². The Morgan fingerprint density at radius 2 is 1.72 bits per heavy atom. The molecule has 0 saturated carbocycles. The van der Waals surface area contributed by atoms with Gasteiger partial charge in [-0.15, -0.1) is 9.90 Å². The minimum atomic E-state index is 0.672. The van der Waals surface area contributed by atoms with Crippen molar-refractivity contribution in [3.8, 4) is 34.1 Å². The van der Waals surface area contributed by atoms with Crippen LogP contribution in [0.5, 0.6) is 5.75 Å². The fraction of sp³-hybridized carbons (Fsp3) is 0.0526. The number of rotatable bonds is 4. The summed E-state index contributed by atoms with van der Waals surface area (Å²) >= 11 is 0. The molecule has 1 aromatic carbocycles. The second-order valence-corrected chi connectivity index (χ2v) is 5.34. The van der Waals surface area contributed by atoms with Crippen LogP contribution >= 0.6 is 0 Å². The summed E-state index contributed by atoms with van der Waals surface area (Å²) in [6.07, 6.45) is 5.19. The highest BCUT2D eigenvalue weighted by molar-refractivity contribution is 5.73. The van der Waals surface area contributed by atoms with Gasteiger partial charge < -0.3 is 4.74 Å². The van der Waals surface area contributed by atoms with E-state index in [2.05, 4.69) is 20.2 Å². The Morgan fingerprint density at radius 3 is 2.44 bits per heavy atom. The van der Waals surface area contributed by atoms with Gasteiger partial charge in [0, 0.05) is 23.5 Å². The van der Waals surface area contributed by atoms with Gasteiger partial charge in [-0.05, 0) is 36.4 Å². The lowest BCUT2D eigenvalue weighted by atomic mass is 10.1. The highest BCUT2D eigenvalue weighted by Gasteiger charge is 2.11. The SMILES string of the molecule is COc1cc(-c2cnn(-c3ccccn3)n2)ccc1-c1ccccn1. The third-order valence-corrected chi connectivity index (χ3v) is 3.78. The molecule has 0 radical (unpaired) electrons. The van der Waals surface area contributed by atoms with Gasteiger partial charge >= 0.3 is 0 Å². The first-order valence-electron chi connectivity index (χ1n) is 7.79. The van der Waals surface area contributed by atoms with E-state index in [9.17, 15) is 0 Å². The van der Waals surface area contributed by atoms with Gasteiger partial charge in [0.1, 0.15) is 11.4 Å². The van der Waals surface area contributed by atoms with Crippen molar-refractivity contribution in [1.82, 2.24) is 25.0 Å². The normalized spacial score (nSPS) is 10.6. The molecule has 4 rings (SSSR count). The lowest BCUT2D eigenvalue weighted by Crippen LogP contribution is -2.00. The largest absolute Gasteiger partial charge is 0.496 e. The highest BCUT2D eigenvalue weighted by atomic mass is 16.5. The van der Waals surface area contributed by atoms with Crippen LogP contribution < -0.4 is 4.74 Å². The van der Waals surface area contributed by atoms with Crippen molar-refractivity contribution >= 4 is 0 Å². The molecular weight excluding hydrogens is 314 g/mol. The number of hydrogen-bond acceptors (Lipinski definition) is 5. The van der Waals surface area contributed by atoms with Crippen LogP contribution in [0.3, 0.4) is 0 Å². The molecule has 0 spiro atoms. The average Bonchev–Trinajstić information content (AvgIpc) is 3.19. The van der Waals surface area contributed by atoms with E-state index in [4.69, 9.17) is 4.74 Å². The van der Waals surface area contributed by atoms with E-state index < -0.39 is 0 Å². The Bertz CT molecular complexity index is 983.